The van der Waals surface area contributed by atoms with Gasteiger partial charge in [-0.1, -0.05) is 18.2 Å². The SMILES string of the molecule is CN1C2CC[C@@H]1CC(n1cc(C(=O)O)c3ccccc31)C2. The molecule has 4 rings (SSSR count). The van der Waals surface area contributed by atoms with E-state index in [2.05, 4.69) is 16.5 Å². The van der Waals surface area contributed by atoms with Gasteiger partial charge < -0.3 is 14.6 Å². The van der Waals surface area contributed by atoms with Gasteiger partial charge in [0.25, 0.3) is 0 Å². The lowest BCUT2D eigenvalue weighted by molar-refractivity contribution is 0.0698. The highest BCUT2D eigenvalue weighted by Gasteiger charge is 2.39. The molecule has 0 aliphatic carbocycles. The molecular weight excluding hydrogens is 264 g/mol. The zero-order valence-corrected chi connectivity index (χ0v) is 12.2. The van der Waals surface area contributed by atoms with Crippen LogP contribution in [0, 0.1) is 0 Å². The van der Waals surface area contributed by atoms with Gasteiger partial charge in [0.05, 0.1) is 5.56 Å². The molecule has 110 valence electrons. The quantitative estimate of drug-likeness (QED) is 0.921. The number of hydrogen-bond acceptors (Lipinski definition) is 2. The number of carboxylic acids is 1. The molecule has 0 amide bonds. The van der Waals surface area contributed by atoms with Crippen molar-refractivity contribution in [3.05, 3.63) is 36.0 Å². The van der Waals surface area contributed by atoms with Gasteiger partial charge in [-0.25, -0.2) is 4.79 Å². The van der Waals surface area contributed by atoms with E-state index < -0.39 is 5.97 Å². The lowest BCUT2D eigenvalue weighted by Gasteiger charge is -2.37. The number of carboxylic acid groups (broad SMARTS) is 1. The van der Waals surface area contributed by atoms with E-state index in [9.17, 15) is 9.90 Å². The van der Waals surface area contributed by atoms with Crippen molar-refractivity contribution >= 4 is 16.9 Å². The molecule has 2 unspecified atom stereocenters. The molecule has 2 aliphatic rings. The van der Waals surface area contributed by atoms with Gasteiger partial charge in [0, 0.05) is 35.2 Å². The fourth-order valence-corrected chi connectivity index (χ4v) is 4.29. The number of carbonyl (C=O) groups is 1. The van der Waals surface area contributed by atoms with Gasteiger partial charge in [-0.2, -0.15) is 0 Å². The van der Waals surface area contributed by atoms with E-state index in [1.54, 1.807) is 0 Å². The van der Waals surface area contributed by atoms with Gasteiger partial charge in [-0.05, 0) is 38.8 Å². The highest BCUT2D eigenvalue weighted by molar-refractivity contribution is 6.03. The molecule has 2 saturated heterocycles. The molecule has 2 bridgehead atoms. The number of fused-ring (bicyclic) bond motifs is 3. The Labute approximate surface area is 124 Å². The van der Waals surface area contributed by atoms with Crippen molar-refractivity contribution in [1.82, 2.24) is 9.47 Å². The minimum absolute atomic E-state index is 0.428. The number of nitrogens with zero attached hydrogens (tertiary/aromatic N) is 2. The molecule has 0 saturated carbocycles. The van der Waals surface area contributed by atoms with Crippen LogP contribution < -0.4 is 0 Å². The monoisotopic (exact) mass is 284 g/mol. The molecule has 4 heteroatoms. The first kappa shape index (κ1) is 12.9. The first-order valence-electron chi connectivity index (χ1n) is 7.70. The van der Waals surface area contributed by atoms with E-state index in [1.807, 2.05) is 30.5 Å². The summed E-state index contributed by atoms with van der Waals surface area (Å²) in [5.41, 5.74) is 1.49. The molecule has 3 atom stereocenters. The van der Waals surface area contributed by atoms with Crippen LogP contribution in [-0.2, 0) is 0 Å². The zero-order chi connectivity index (χ0) is 14.6. The van der Waals surface area contributed by atoms with Crippen molar-refractivity contribution < 1.29 is 9.90 Å². The third-order valence-corrected chi connectivity index (χ3v) is 5.44. The Morgan fingerprint density at radius 3 is 2.48 bits per heavy atom. The lowest BCUT2D eigenvalue weighted by atomic mass is 9.97. The van der Waals surface area contributed by atoms with Gasteiger partial charge in [-0.15, -0.1) is 0 Å². The maximum absolute atomic E-state index is 11.5. The molecule has 4 nitrogen and oxygen atoms in total. The molecular formula is C17H20N2O2. The standard InChI is InChI=1S/C17H20N2O2/c1-18-11-6-7-12(18)9-13(8-11)19-10-15(17(20)21)14-4-2-3-5-16(14)19/h2-5,10-13H,6-9H2,1H3,(H,20,21)/t11-,12?,13?/m1/s1. The van der Waals surface area contributed by atoms with Crippen LogP contribution in [0.4, 0.5) is 0 Å². The Bertz CT molecular complexity index is 692. The van der Waals surface area contributed by atoms with Crippen molar-refractivity contribution in [2.75, 3.05) is 7.05 Å². The van der Waals surface area contributed by atoms with Crippen LogP contribution >= 0.6 is 0 Å². The number of rotatable bonds is 2. The van der Waals surface area contributed by atoms with Crippen LogP contribution in [0.3, 0.4) is 0 Å². The van der Waals surface area contributed by atoms with E-state index in [-0.39, 0.29) is 0 Å². The number of aromatic carboxylic acids is 1. The summed E-state index contributed by atoms with van der Waals surface area (Å²) in [6.45, 7) is 0. The summed E-state index contributed by atoms with van der Waals surface area (Å²) in [4.78, 5) is 14.0. The summed E-state index contributed by atoms with van der Waals surface area (Å²) in [5, 5.41) is 10.3. The summed E-state index contributed by atoms with van der Waals surface area (Å²) >= 11 is 0. The molecule has 1 aromatic carbocycles. The van der Waals surface area contributed by atoms with Crippen LogP contribution in [-0.4, -0.2) is 39.7 Å². The number of piperidine rings is 1. The van der Waals surface area contributed by atoms with E-state index in [1.165, 1.54) is 12.8 Å². The summed E-state index contributed by atoms with van der Waals surface area (Å²) in [6.07, 6.45) is 6.67. The molecule has 2 fully saturated rings. The van der Waals surface area contributed by atoms with Crippen LogP contribution in [0.2, 0.25) is 0 Å². The second kappa shape index (κ2) is 4.60. The second-order valence-electron chi connectivity index (χ2n) is 6.45. The zero-order valence-electron chi connectivity index (χ0n) is 12.2. The first-order chi connectivity index (χ1) is 10.1. The maximum Gasteiger partial charge on any atom is 0.337 e. The normalized spacial score (nSPS) is 29.1. The Morgan fingerprint density at radius 2 is 1.81 bits per heavy atom. The predicted molar refractivity (Wildman–Crippen MR) is 81.7 cm³/mol. The lowest BCUT2D eigenvalue weighted by Crippen LogP contribution is -2.40. The topological polar surface area (TPSA) is 45.5 Å². The minimum Gasteiger partial charge on any atom is -0.478 e. The van der Waals surface area contributed by atoms with E-state index in [4.69, 9.17) is 0 Å². The van der Waals surface area contributed by atoms with Crippen molar-refractivity contribution in [3.63, 3.8) is 0 Å². The summed E-state index contributed by atoms with van der Waals surface area (Å²) in [6, 6.07) is 9.61. The fourth-order valence-electron chi connectivity index (χ4n) is 4.29. The van der Waals surface area contributed by atoms with Gasteiger partial charge in [0.2, 0.25) is 0 Å². The Morgan fingerprint density at radius 1 is 1.14 bits per heavy atom. The van der Waals surface area contributed by atoms with Crippen molar-refractivity contribution in [1.29, 1.82) is 0 Å². The molecule has 21 heavy (non-hydrogen) atoms. The molecule has 0 spiro atoms. The highest BCUT2D eigenvalue weighted by atomic mass is 16.4. The third-order valence-electron chi connectivity index (χ3n) is 5.44. The molecule has 2 aromatic rings. The largest absolute Gasteiger partial charge is 0.478 e. The van der Waals surface area contributed by atoms with Crippen LogP contribution in [0.1, 0.15) is 42.1 Å². The Balaban J connectivity index is 1.79. The van der Waals surface area contributed by atoms with Crippen molar-refractivity contribution in [2.24, 2.45) is 0 Å². The number of hydrogen-bond donors (Lipinski definition) is 1. The van der Waals surface area contributed by atoms with E-state index >= 15 is 0 Å². The Hall–Kier alpha value is -1.81. The van der Waals surface area contributed by atoms with Crippen molar-refractivity contribution in [2.45, 2.75) is 43.8 Å². The summed E-state index contributed by atoms with van der Waals surface area (Å²) < 4.78 is 2.22. The summed E-state index contributed by atoms with van der Waals surface area (Å²) in [5.74, 6) is -0.833. The van der Waals surface area contributed by atoms with Gasteiger partial charge in [0.1, 0.15) is 0 Å². The molecule has 3 heterocycles. The average molecular weight is 284 g/mol. The van der Waals surface area contributed by atoms with Gasteiger partial charge >= 0.3 is 5.97 Å². The maximum atomic E-state index is 11.5. The second-order valence-corrected chi connectivity index (χ2v) is 6.45. The van der Waals surface area contributed by atoms with Crippen molar-refractivity contribution in [3.8, 4) is 0 Å². The number of benzene rings is 1. The average Bonchev–Trinajstić information content (AvgIpc) is 2.93. The highest BCUT2D eigenvalue weighted by Crippen LogP contribution is 2.41. The van der Waals surface area contributed by atoms with E-state index in [0.717, 1.165) is 23.7 Å². The van der Waals surface area contributed by atoms with Gasteiger partial charge in [-0.3, -0.25) is 0 Å². The molecule has 0 radical (unpaired) electrons. The molecule has 2 aliphatic heterocycles. The minimum atomic E-state index is -0.833. The predicted octanol–water partition coefficient (Wildman–Crippen LogP) is 3.14. The van der Waals surface area contributed by atoms with E-state index in [0.29, 0.717) is 23.7 Å². The molecule has 1 aromatic heterocycles. The number of para-hydroxylation sites is 1. The first-order valence-corrected chi connectivity index (χ1v) is 7.70. The van der Waals surface area contributed by atoms with Crippen LogP contribution in [0.15, 0.2) is 30.5 Å². The number of aromatic nitrogens is 1. The van der Waals surface area contributed by atoms with Crippen LogP contribution in [0.25, 0.3) is 10.9 Å². The Kier molecular flexibility index (Phi) is 2.82. The van der Waals surface area contributed by atoms with Crippen LogP contribution in [0.5, 0.6) is 0 Å². The fraction of sp³-hybridized carbons (Fsp3) is 0.471. The molecule has 1 N–H and O–H groups in total. The third kappa shape index (κ3) is 1.89. The smallest absolute Gasteiger partial charge is 0.337 e. The van der Waals surface area contributed by atoms with Gasteiger partial charge in [0.15, 0.2) is 0 Å². The summed E-state index contributed by atoms with van der Waals surface area (Å²) in [7, 11) is 2.23.